The van der Waals surface area contributed by atoms with Crippen molar-refractivity contribution in [3.8, 4) is 5.75 Å². The number of nitrogens with zero attached hydrogens (tertiary/aromatic N) is 1. The summed E-state index contributed by atoms with van der Waals surface area (Å²) in [5.41, 5.74) is -0.273. The zero-order valence-electron chi connectivity index (χ0n) is 14.7. The molecule has 0 N–H and O–H groups in total. The molecule has 2 aromatic rings. The van der Waals surface area contributed by atoms with Crippen LogP contribution in [0.3, 0.4) is 0 Å². The maximum atomic E-state index is 12.8. The van der Waals surface area contributed by atoms with Crippen LogP contribution in [-0.4, -0.2) is 37.4 Å². The third kappa shape index (κ3) is 4.41. The van der Waals surface area contributed by atoms with Crippen molar-refractivity contribution < 1.29 is 32.2 Å². The molecule has 28 heavy (non-hydrogen) atoms. The van der Waals surface area contributed by atoms with Crippen LogP contribution in [0, 0.1) is 0 Å². The third-order valence-corrected chi connectivity index (χ3v) is 5.04. The number of alkyl halides is 3. The molecule has 1 amide bonds. The largest absolute Gasteiger partial charge is 0.475 e. The Bertz CT molecular complexity index is 887. The quantitative estimate of drug-likeness (QED) is 0.566. The predicted molar refractivity (Wildman–Crippen MR) is 97.4 cm³/mol. The standard InChI is InChI=1S/C19H16F3NO4S/c1-26-18(25)16-10-23(14-7-2-3-8-15(14)27-16)17(24)11-28-13-6-4-5-12(9-13)19(20,21)22/h2-9,16H,10-11H2,1H3. The molecule has 1 aliphatic rings. The van der Waals surface area contributed by atoms with Crippen molar-refractivity contribution in [1.82, 2.24) is 0 Å². The first-order valence-corrected chi connectivity index (χ1v) is 9.22. The summed E-state index contributed by atoms with van der Waals surface area (Å²) in [5, 5.41) is 0. The van der Waals surface area contributed by atoms with Crippen molar-refractivity contribution in [3.05, 3.63) is 54.1 Å². The summed E-state index contributed by atoms with van der Waals surface area (Å²) in [6.45, 7) is -0.0360. The zero-order valence-corrected chi connectivity index (χ0v) is 15.5. The number of rotatable bonds is 4. The maximum Gasteiger partial charge on any atom is 0.416 e. The van der Waals surface area contributed by atoms with E-state index in [1.54, 1.807) is 24.3 Å². The monoisotopic (exact) mass is 411 g/mol. The van der Waals surface area contributed by atoms with E-state index in [1.165, 1.54) is 24.1 Å². The number of esters is 1. The average Bonchev–Trinajstić information content (AvgIpc) is 2.70. The first kappa shape index (κ1) is 20.1. The lowest BCUT2D eigenvalue weighted by Crippen LogP contribution is -2.48. The van der Waals surface area contributed by atoms with E-state index in [0.717, 1.165) is 23.9 Å². The molecule has 0 fully saturated rings. The zero-order chi connectivity index (χ0) is 20.3. The van der Waals surface area contributed by atoms with E-state index in [4.69, 9.17) is 9.47 Å². The van der Waals surface area contributed by atoms with Crippen LogP contribution < -0.4 is 9.64 Å². The number of fused-ring (bicyclic) bond motifs is 1. The van der Waals surface area contributed by atoms with Crippen molar-refractivity contribution in [2.75, 3.05) is 24.3 Å². The van der Waals surface area contributed by atoms with Gasteiger partial charge in [-0.25, -0.2) is 4.79 Å². The van der Waals surface area contributed by atoms with Crippen LogP contribution in [0.25, 0.3) is 0 Å². The minimum Gasteiger partial charge on any atom is -0.475 e. The Balaban J connectivity index is 1.75. The molecule has 0 radical (unpaired) electrons. The van der Waals surface area contributed by atoms with E-state index in [2.05, 4.69) is 0 Å². The molecule has 0 spiro atoms. The molecular formula is C19H16F3NO4S. The Morgan fingerprint density at radius 2 is 1.96 bits per heavy atom. The number of methoxy groups -OCH3 is 1. The van der Waals surface area contributed by atoms with Gasteiger partial charge in [0.15, 0.2) is 0 Å². The average molecular weight is 411 g/mol. The first-order valence-electron chi connectivity index (χ1n) is 8.23. The van der Waals surface area contributed by atoms with Crippen LogP contribution in [-0.2, 0) is 20.5 Å². The van der Waals surface area contributed by atoms with E-state index in [0.29, 0.717) is 16.3 Å². The molecule has 3 rings (SSSR count). The Morgan fingerprint density at radius 3 is 2.68 bits per heavy atom. The van der Waals surface area contributed by atoms with Gasteiger partial charge in [0.1, 0.15) is 5.75 Å². The number of thioether (sulfide) groups is 1. The van der Waals surface area contributed by atoms with Crippen molar-refractivity contribution in [3.63, 3.8) is 0 Å². The summed E-state index contributed by atoms with van der Waals surface area (Å²) in [7, 11) is 1.22. The van der Waals surface area contributed by atoms with Crippen LogP contribution in [0.5, 0.6) is 5.75 Å². The Hall–Kier alpha value is -2.68. The van der Waals surface area contributed by atoms with Crippen LogP contribution >= 0.6 is 11.8 Å². The molecule has 1 heterocycles. The van der Waals surface area contributed by atoms with Crippen LogP contribution in [0.4, 0.5) is 18.9 Å². The molecule has 9 heteroatoms. The number of carbonyl (C=O) groups excluding carboxylic acids is 2. The van der Waals surface area contributed by atoms with Gasteiger partial charge in [-0.2, -0.15) is 13.2 Å². The SMILES string of the molecule is COC(=O)C1CN(C(=O)CSc2cccc(C(F)(F)F)c2)c2ccccc2O1. The number of benzene rings is 2. The molecule has 1 aliphatic heterocycles. The normalized spacial score (nSPS) is 16.1. The van der Waals surface area contributed by atoms with E-state index >= 15 is 0 Å². The van der Waals surface area contributed by atoms with Gasteiger partial charge in [-0.3, -0.25) is 4.79 Å². The fourth-order valence-electron chi connectivity index (χ4n) is 2.71. The molecule has 1 atom stereocenters. The molecule has 0 saturated heterocycles. The highest BCUT2D eigenvalue weighted by Gasteiger charge is 2.34. The van der Waals surface area contributed by atoms with Crippen molar-refractivity contribution >= 4 is 29.3 Å². The summed E-state index contributed by atoms with van der Waals surface area (Å²) >= 11 is 0.994. The highest BCUT2D eigenvalue weighted by atomic mass is 32.2. The second-order valence-corrected chi connectivity index (χ2v) is 6.96. The second kappa shape index (κ2) is 8.14. The minimum atomic E-state index is -4.45. The maximum absolute atomic E-state index is 12.8. The van der Waals surface area contributed by atoms with E-state index in [1.807, 2.05) is 0 Å². The van der Waals surface area contributed by atoms with Crippen LogP contribution in [0.1, 0.15) is 5.56 Å². The Kier molecular flexibility index (Phi) is 5.83. The third-order valence-electron chi connectivity index (χ3n) is 4.06. The highest BCUT2D eigenvalue weighted by Crippen LogP contribution is 2.35. The number of para-hydroxylation sites is 2. The molecule has 1 unspecified atom stereocenters. The molecule has 148 valence electrons. The van der Waals surface area contributed by atoms with Crippen molar-refractivity contribution in [1.29, 1.82) is 0 Å². The topological polar surface area (TPSA) is 55.8 Å². The molecular weight excluding hydrogens is 395 g/mol. The number of hydrogen-bond donors (Lipinski definition) is 0. The summed E-state index contributed by atoms with van der Waals surface area (Å²) in [6.07, 6.45) is -5.42. The number of halogens is 3. The van der Waals surface area contributed by atoms with Crippen LogP contribution in [0.15, 0.2) is 53.4 Å². The van der Waals surface area contributed by atoms with Gasteiger partial charge in [0.05, 0.1) is 30.7 Å². The molecule has 0 aromatic heterocycles. The summed E-state index contributed by atoms with van der Waals surface area (Å²) in [6, 6.07) is 11.5. The predicted octanol–water partition coefficient (Wildman–Crippen LogP) is 3.76. The Morgan fingerprint density at radius 1 is 1.21 bits per heavy atom. The second-order valence-electron chi connectivity index (χ2n) is 5.92. The van der Waals surface area contributed by atoms with E-state index in [9.17, 15) is 22.8 Å². The summed E-state index contributed by atoms with van der Waals surface area (Å²) < 4.78 is 48.8. The van der Waals surface area contributed by atoms with Gasteiger partial charge in [0.2, 0.25) is 12.0 Å². The van der Waals surface area contributed by atoms with E-state index < -0.39 is 23.8 Å². The lowest BCUT2D eigenvalue weighted by molar-refractivity contribution is -0.148. The van der Waals surface area contributed by atoms with Gasteiger partial charge in [0.25, 0.3) is 0 Å². The number of amides is 1. The number of anilines is 1. The number of hydrogen-bond acceptors (Lipinski definition) is 5. The fourth-order valence-corrected chi connectivity index (χ4v) is 3.54. The van der Waals surface area contributed by atoms with Gasteiger partial charge in [-0.05, 0) is 30.3 Å². The Labute approximate surface area is 163 Å². The van der Waals surface area contributed by atoms with Crippen LogP contribution in [0.2, 0.25) is 0 Å². The number of ether oxygens (including phenoxy) is 2. The smallest absolute Gasteiger partial charge is 0.416 e. The van der Waals surface area contributed by atoms with Gasteiger partial charge in [-0.15, -0.1) is 11.8 Å². The van der Waals surface area contributed by atoms with E-state index in [-0.39, 0.29) is 18.2 Å². The first-order chi connectivity index (χ1) is 13.3. The highest BCUT2D eigenvalue weighted by molar-refractivity contribution is 8.00. The summed E-state index contributed by atoms with van der Waals surface area (Å²) in [4.78, 5) is 26.3. The van der Waals surface area contributed by atoms with Gasteiger partial charge < -0.3 is 14.4 Å². The molecule has 0 bridgehead atoms. The van der Waals surface area contributed by atoms with Crippen molar-refractivity contribution in [2.45, 2.75) is 17.2 Å². The lowest BCUT2D eigenvalue weighted by atomic mass is 10.2. The van der Waals surface area contributed by atoms with Gasteiger partial charge in [-0.1, -0.05) is 18.2 Å². The van der Waals surface area contributed by atoms with Gasteiger partial charge in [0, 0.05) is 4.90 Å². The van der Waals surface area contributed by atoms with Gasteiger partial charge >= 0.3 is 12.1 Å². The minimum absolute atomic E-state index is 0.0360. The van der Waals surface area contributed by atoms with Crippen molar-refractivity contribution in [2.24, 2.45) is 0 Å². The fraction of sp³-hybridized carbons (Fsp3) is 0.263. The molecule has 0 aliphatic carbocycles. The summed E-state index contributed by atoms with van der Waals surface area (Å²) in [5.74, 6) is -0.699. The molecule has 2 aromatic carbocycles. The molecule has 0 saturated carbocycles. The number of carbonyl (C=O) groups is 2. The molecule has 5 nitrogen and oxygen atoms in total. The lowest BCUT2D eigenvalue weighted by Gasteiger charge is -2.33.